The van der Waals surface area contributed by atoms with E-state index in [1.807, 2.05) is 0 Å². The van der Waals surface area contributed by atoms with Gasteiger partial charge in [0.25, 0.3) is 0 Å². The third kappa shape index (κ3) is 3.78. The molecule has 2 aromatic heterocycles. The molecule has 1 aliphatic heterocycles. The van der Waals surface area contributed by atoms with Crippen LogP contribution in [-0.4, -0.2) is 43.8 Å². The Hall–Kier alpha value is -3.84. The van der Waals surface area contributed by atoms with Gasteiger partial charge in [-0.3, -0.25) is 0 Å². The van der Waals surface area contributed by atoms with Gasteiger partial charge in [-0.05, 0) is 55.1 Å². The number of benzene rings is 2. The Labute approximate surface area is 198 Å². The van der Waals surface area contributed by atoms with Crippen molar-refractivity contribution in [2.75, 3.05) is 13.6 Å². The van der Waals surface area contributed by atoms with E-state index in [-0.39, 0.29) is 11.5 Å². The maximum absolute atomic E-state index is 10.8. The highest BCUT2D eigenvalue weighted by molar-refractivity contribution is 5.91. The summed E-state index contributed by atoms with van der Waals surface area (Å²) < 4.78 is 5.86. The molecule has 0 bridgehead atoms. The highest BCUT2D eigenvalue weighted by Crippen LogP contribution is 2.45. The molecule has 0 atom stereocenters. The zero-order valence-electron chi connectivity index (χ0n) is 19.6. The van der Waals surface area contributed by atoms with Crippen molar-refractivity contribution in [3.63, 3.8) is 0 Å². The van der Waals surface area contributed by atoms with Gasteiger partial charge in [0.1, 0.15) is 11.5 Å². The third-order valence-electron chi connectivity index (χ3n) is 6.44. The van der Waals surface area contributed by atoms with E-state index < -0.39 is 0 Å². The number of phenolic OH excluding ortho intramolecular Hbond substituents is 2. The van der Waals surface area contributed by atoms with Gasteiger partial charge in [0, 0.05) is 36.6 Å². The summed E-state index contributed by atoms with van der Waals surface area (Å²) in [5.74, 6) is 0.890. The summed E-state index contributed by atoms with van der Waals surface area (Å²) in [5, 5.41) is 25.4. The Morgan fingerprint density at radius 3 is 2.74 bits per heavy atom. The number of allylic oxidation sites excluding steroid dienone is 1. The van der Waals surface area contributed by atoms with Crippen LogP contribution in [0.1, 0.15) is 36.2 Å². The van der Waals surface area contributed by atoms with Gasteiger partial charge < -0.3 is 24.6 Å². The van der Waals surface area contributed by atoms with E-state index in [2.05, 4.69) is 58.8 Å². The van der Waals surface area contributed by atoms with Crippen LogP contribution in [-0.2, 0) is 19.4 Å². The molecule has 0 amide bonds. The lowest BCUT2D eigenvalue weighted by atomic mass is 9.92. The Morgan fingerprint density at radius 1 is 1.18 bits per heavy atom. The second-order valence-electron chi connectivity index (χ2n) is 8.98. The molecule has 0 unspecified atom stereocenters. The van der Waals surface area contributed by atoms with Gasteiger partial charge in [-0.25, -0.2) is 4.98 Å². The number of H-pyrrole nitrogens is 1. The van der Waals surface area contributed by atoms with Crippen LogP contribution in [0.2, 0.25) is 0 Å². The van der Waals surface area contributed by atoms with Crippen LogP contribution in [0.25, 0.3) is 39.5 Å². The van der Waals surface area contributed by atoms with E-state index in [4.69, 9.17) is 4.52 Å². The van der Waals surface area contributed by atoms with Gasteiger partial charge in [0.05, 0.1) is 11.1 Å². The van der Waals surface area contributed by atoms with Crippen molar-refractivity contribution in [1.82, 2.24) is 20.0 Å². The summed E-state index contributed by atoms with van der Waals surface area (Å²) in [6.45, 7) is 9.72. The first-order valence-electron chi connectivity index (χ1n) is 11.4. The van der Waals surface area contributed by atoms with Gasteiger partial charge in [-0.1, -0.05) is 36.9 Å². The minimum atomic E-state index is -0.0975. The number of phenols is 2. The van der Waals surface area contributed by atoms with Gasteiger partial charge in [0.15, 0.2) is 17.3 Å². The maximum atomic E-state index is 10.8. The molecule has 1 aliphatic rings. The number of hydrogen-bond donors (Lipinski definition) is 3. The van der Waals surface area contributed by atoms with Gasteiger partial charge >= 0.3 is 0 Å². The zero-order valence-corrected chi connectivity index (χ0v) is 19.6. The van der Waals surface area contributed by atoms with Gasteiger partial charge in [-0.2, -0.15) is 0 Å². The normalized spacial score (nSPS) is 13.7. The Kier molecular flexibility index (Phi) is 5.49. The number of rotatable bonds is 5. The average Bonchev–Trinajstić information content (AvgIpc) is 3.45. The average molecular weight is 457 g/mol. The van der Waals surface area contributed by atoms with Crippen molar-refractivity contribution in [2.24, 2.45) is 0 Å². The molecule has 0 aliphatic carbocycles. The third-order valence-corrected chi connectivity index (χ3v) is 6.44. The Morgan fingerprint density at radius 2 is 2.00 bits per heavy atom. The van der Waals surface area contributed by atoms with E-state index in [0.29, 0.717) is 34.0 Å². The van der Waals surface area contributed by atoms with Gasteiger partial charge in [0.2, 0.25) is 0 Å². The molecule has 0 radical (unpaired) electrons. The fraction of sp³-hybridized carbons (Fsp3) is 0.259. The predicted octanol–water partition coefficient (Wildman–Crippen LogP) is 5.39. The topological polar surface area (TPSA) is 98.4 Å². The summed E-state index contributed by atoms with van der Waals surface area (Å²) in [7, 11) is 2.13. The van der Waals surface area contributed by atoms with E-state index in [1.165, 1.54) is 17.2 Å². The number of likely N-dealkylation sites (N-methyl/N-ethyl adjacent to an activating group) is 1. The predicted molar refractivity (Wildman–Crippen MR) is 132 cm³/mol. The maximum Gasteiger partial charge on any atom is 0.179 e. The Balaban J connectivity index is 1.74. The molecule has 7 heteroatoms. The molecule has 0 spiro atoms. The number of aromatic nitrogens is 3. The molecular formula is C27H28N4O3. The minimum Gasteiger partial charge on any atom is -0.507 e. The SMILES string of the molecule is C=C(C)c1cc(-c2onc(-c3ncc(CC)[nH]3)c2-c2ccc3c(c2)CCN(C)C3)c(O)cc1O. The summed E-state index contributed by atoms with van der Waals surface area (Å²) in [6.07, 6.45) is 3.58. The van der Waals surface area contributed by atoms with Crippen molar-refractivity contribution in [3.8, 4) is 45.5 Å². The first-order valence-corrected chi connectivity index (χ1v) is 11.4. The number of hydrogen-bond acceptors (Lipinski definition) is 6. The van der Waals surface area contributed by atoms with Crippen LogP contribution < -0.4 is 0 Å². The lowest BCUT2D eigenvalue weighted by molar-refractivity contribution is 0.313. The number of aromatic hydroxyl groups is 2. The van der Waals surface area contributed by atoms with Crippen molar-refractivity contribution in [2.45, 2.75) is 33.2 Å². The summed E-state index contributed by atoms with van der Waals surface area (Å²) in [5.41, 5.74) is 7.50. The molecule has 3 heterocycles. The molecule has 34 heavy (non-hydrogen) atoms. The molecule has 0 fully saturated rings. The highest BCUT2D eigenvalue weighted by Gasteiger charge is 2.26. The smallest absolute Gasteiger partial charge is 0.179 e. The molecule has 4 aromatic rings. The summed E-state index contributed by atoms with van der Waals surface area (Å²) in [4.78, 5) is 10.2. The molecule has 0 saturated carbocycles. The molecule has 2 aromatic carbocycles. The highest BCUT2D eigenvalue weighted by atomic mass is 16.5. The second kappa shape index (κ2) is 8.50. The van der Waals surface area contributed by atoms with Crippen LogP contribution in [0.5, 0.6) is 11.5 Å². The lowest BCUT2D eigenvalue weighted by Crippen LogP contribution is -2.26. The van der Waals surface area contributed by atoms with Crippen LogP contribution in [0.4, 0.5) is 0 Å². The number of fused-ring (bicyclic) bond motifs is 1. The van der Waals surface area contributed by atoms with E-state index in [1.54, 1.807) is 19.2 Å². The first-order chi connectivity index (χ1) is 16.4. The van der Waals surface area contributed by atoms with Crippen molar-refractivity contribution in [1.29, 1.82) is 0 Å². The Bertz CT molecular complexity index is 1400. The van der Waals surface area contributed by atoms with E-state index in [9.17, 15) is 10.2 Å². The summed E-state index contributed by atoms with van der Waals surface area (Å²) in [6, 6.07) is 9.40. The second-order valence-corrected chi connectivity index (χ2v) is 8.98. The molecule has 174 valence electrons. The van der Waals surface area contributed by atoms with E-state index >= 15 is 0 Å². The standard InChI is InChI=1S/C27H28N4O3/c1-5-19-13-28-27(29-19)25-24(17-6-7-18-14-31(4)9-8-16(18)10-17)26(34-30-25)21-11-20(15(2)3)22(32)12-23(21)33/h6-7,10-13,32-33H,2,5,8-9,14H2,1,3-4H3,(H,28,29). The monoisotopic (exact) mass is 456 g/mol. The largest absolute Gasteiger partial charge is 0.507 e. The molecule has 3 N–H and O–H groups in total. The van der Waals surface area contributed by atoms with Gasteiger partial charge in [-0.15, -0.1) is 0 Å². The van der Waals surface area contributed by atoms with Crippen molar-refractivity contribution < 1.29 is 14.7 Å². The zero-order chi connectivity index (χ0) is 24.0. The molecule has 0 saturated heterocycles. The number of nitrogens with zero attached hydrogens (tertiary/aromatic N) is 3. The van der Waals surface area contributed by atoms with Crippen LogP contribution in [0, 0.1) is 0 Å². The van der Waals surface area contributed by atoms with Crippen molar-refractivity contribution >= 4 is 5.57 Å². The number of imidazole rings is 1. The lowest BCUT2D eigenvalue weighted by Gasteiger charge is -2.25. The molecule has 7 nitrogen and oxygen atoms in total. The molecule has 5 rings (SSSR count). The quantitative estimate of drug-likeness (QED) is 0.372. The van der Waals surface area contributed by atoms with E-state index in [0.717, 1.165) is 42.8 Å². The van der Waals surface area contributed by atoms with Crippen LogP contribution in [0.15, 0.2) is 47.6 Å². The number of nitrogens with one attached hydrogen (secondary N) is 1. The minimum absolute atomic E-state index is 0.0356. The fourth-order valence-electron chi connectivity index (χ4n) is 4.51. The van der Waals surface area contributed by atoms with Crippen LogP contribution in [0.3, 0.4) is 0 Å². The van der Waals surface area contributed by atoms with Crippen LogP contribution >= 0.6 is 0 Å². The molecular weight excluding hydrogens is 428 g/mol. The number of aryl methyl sites for hydroxylation is 1. The first kappa shape index (κ1) is 22.0. The number of aromatic amines is 1. The fourth-order valence-corrected chi connectivity index (χ4v) is 4.51. The van der Waals surface area contributed by atoms with Crippen molar-refractivity contribution in [3.05, 3.63) is 65.5 Å². The summed E-state index contributed by atoms with van der Waals surface area (Å²) >= 11 is 0.